The number of para-hydroxylation sites is 3. The number of methoxy groups -OCH3 is 1. The first-order chi connectivity index (χ1) is 42.8. The van der Waals surface area contributed by atoms with Gasteiger partial charge in [0.25, 0.3) is 11.8 Å². The van der Waals surface area contributed by atoms with Gasteiger partial charge in [-0.25, -0.2) is 0 Å². The number of azo groups is 2. The van der Waals surface area contributed by atoms with Crippen LogP contribution >= 0.6 is 23.2 Å². The number of halogens is 2. The van der Waals surface area contributed by atoms with Crippen molar-refractivity contribution in [3.05, 3.63) is 238 Å². The van der Waals surface area contributed by atoms with Crippen LogP contribution in [0.25, 0.3) is 65.2 Å². The highest BCUT2D eigenvalue weighted by Crippen LogP contribution is 2.48. The van der Waals surface area contributed by atoms with Crippen LogP contribution in [0, 0.1) is 6.92 Å². The topological polar surface area (TPSA) is 112 Å². The van der Waals surface area contributed by atoms with Crippen LogP contribution in [0.5, 0.6) is 5.75 Å². The Morgan fingerprint density at radius 3 is 1.40 bits per heavy atom. The minimum absolute atomic E-state index is 0.138. The standard InChI is InChI=1S/C74H61Cl2N9O3/c1-9-45-18-14-16-22-62(45)83(6)73(86)58-40-47-24-36-56-59-42-49(75)26-38-64(59)81(4)70(56)66(47)68(44(58)3)79-77-51-28-32-54(33-29-51)85(53-20-12-11-13-21-53)55-34-30-52(31-35-55)78-80-69-67-48(25-37-57-60-43-50(76)27-39-65(60)82(5)71(57)67)41-61(72(69)88-8)74(87)84(7)63-23-17-15-19-46(63)10-2/h11-43H,9-10H2,1-8H3. The van der Waals surface area contributed by atoms with Crippen molar-refractivity contribution in [2.75, 3.05) is 35.9 Å². The lowest BCUT2D eigenvalue weighted by atomic mass is 9.96. The number of carbonyl (C=O) groups excluding carboxylic acids is 2. The Labute approximate surface area is 519 Å². The van der Waals surface area contributed by atoms with Gasteiger partial charge in [0, 0.05) is 116 Å². The molecule has 0 N–H and O–H groups in total. The van der Waals surface area contributed by atoms with Gasteiger partial charge < -0.3 is 28.6 Å². The average Bonchev–Trinajstić information content (AvgIpc) is 1.55. The maximum absolute atomic E-state index is 14.8. The van der Waals surface area contributed by atoms with Crippen molar-refractivity contribution in [2.45, 2.75) is 33.6 Å². The first kappa shape index (κ1) is 57.0. The fraction of sp³-hybridized carbons (Fsp3) is 0.135. The molecule has 2 heterocycles. The summed E-state index contributed by atoms with van der Waals surface area (Å²) < 4.78 is 10.5. The van der Waals surface area contributed by atoms with E-state index in [1.54, 1.807) is 24.0 Å². The monoisotopic (exact) mass is 1190 g/mol. The molecule has 13 rings (SSSR count). The summed E-state index contributed by atoms with van der Waals surface area (Å²) >= 11 is 13.2. The van der Waals surface area contributed by atoms with E-state index in [0.29, 0.717) is 55.2 Å². The normalized spacial score (nSPS) is 11.8. The quantitative estimate of drug-likeness (QED) is 0.101. The lowest BCUT2D eigenvalue weighted by molar-refractivity contribution is 0.0983. The van der Waals surface area contributed by atoms with E-state index < -0.39 is 0 Å². The summed E-state index contributed by atoms with van der Waals surface area (Å²) in [4.78, 5) is 35.1. The summed E-state index contributed by atoms with van der Waals surface area (Å²) in [6.45, 7) is 6.13. The first-order valence-corrected chi connectivity index (χ1v) is 30.0. The molecule has 88 heavy (non-hydrogen) atoms. The van der Waals surface area contributed by atoms with E-state index in [0.717, 1.165) is 118 Å². The fourth-order valence-electron chi connectivity index (χ4n) is 12.6. The van der Waals surface area contributed by atoms with Gasteiger partial charge in [0.15, 0.2) is 5.75 Å². The molecule has 0 fully saturated rings. The van der Waals surface area contributed by atoms with E-state index in [1.165, 1.54) is 0 Å². The fourth-order valence-corrected chi connectivity index (χ4v) is 13.0. The average molecular weight is 1200 g/mol. The number of carbonyl (C=O) groups is 2. The number of anilines is 5. The van der Waals surface area contributed by atoms with Gasteiger partial charge in [-0.1, -0.05) is 116 Å². The molecule has 0 atom stereocenters. The largest absolute Gasteiger partial charge is 0.494 e. The highest BCUT2D eigenvalue weighted by atomic mass is 35.5. The highest BCUT2D eigenvalue weighted by molar-refractivity contribution is 6.33. The Kier molecular flexibility index (Phi) is 15.1. The van der Waals surface area contributed by atoms with E-state index in [4.69, 9.17) is 48.4 Å². The van der Waals surface area contributed by atoms with E-state index in [9.17, 15) is 9.59 Å². The van der Waals surface area contributed by atoms with E-state index in [-0.39, 0.29) is 11.8 Å². The third-order valence-corrected chi connectivity index (χ3v) is 17.6. The molecule has 434 valence electrons. The molecule has 14 heteroatoms. The van der Waals surface area contributed by atoms with Crippen molar-refractivity contribution in [3.8, 4) is 5.75 Å². The number of rotatable bonds is 14. The summed E-state index contributed by atoms with van der Waals surface area (Å²) in [5.41, 5.74) is 14.2. The number of benzene rings is 11. The van der Waals surface area contributed by atoms with Crippen LogP contribution in [0.1, 0.15) is 51.3 Å². The molecule has 13 aromatic rings. The molecule has 0 saturated carbocycles. The predicted octanol–water partition coefficient (Wildman–Crippen LogP) is 20.9. The van der Waals surface area contributed by atoms with Gasteiger partial charge in [-0.05, 0) is 169 Å². The Hall–Kier alpha value is -10.1. The van der Waals surface area contributed by atoms with E-state index in [2.05, 4.69) is 71.3 Å². The number of fused-ring (bicyclic) bond motifs is 10. The zero-order valence-electron chi connectivity index (χ0n) is 50.0. The molecule has 0 bridgehead atoms. The lowest BCUT2D eigenvalue weighted by Crippen LogP contribution is -2.28. The summed E-state index contributed by atoms with van der Waals surface area (Å²) in [6.07, 6.45) is 1.54. The van der Waals surface area contributed by atoms with Gasteiger partial charge in [0.1, 0.15) is 5.69 Å². The van der Waals surface area contributed by atoms with Crippen LogP contribution in [0.3, 0.4) is 0 Å². The van der Waals surface area contributed by atoms with Gasteiger partial charge in [-0.2, -0.15) is 10.2 Å². The zero-order valence-corrected chi connectivity index (χ0v) is 51.5. The van der Waals surface area contributed by atoms with Gasteiger partial charge in [0.2, 0.25) is 0 Å². The third-order valence-electron chi connectivity index (χ3n) is 17.1. The number of hydrogen-bond acceptors (Lipinski definition) is 8. The molecular formula is C74H61Cl2N9O3. The van der Waals surface area contributed by atoms with E-state index >= 15 is 0 Å². The van der Waals surface area contributed by atoms with Crippen molar-refractivity contribution in [1.29, 1.82) is 0 Å². The van der Waals surface area contributed by atoms with Crippen molar-refractivity contribution in [3.63, 3.8) is 0 Å². The molecule has 2 aromatic heterocycles. The van der Waals surface area contributed by atoms with Crippen LogP contribution in [-0.2, 0) is 26.9 Å². The number of aryl methyl sites for hydroxylation is 4. The summed E-state index contributed by atoms with van der Waals surface area (Å²) in [7, 11) is 9.27. The molecular weight excluding hydrogens is 1130 g/mol. The Morgan fingerprint density at radius 1 is 0.477 bits per heavy atom. The van der Waals surface area contributed by atoms with Crippen molar-refractivity contribution in [1.82, 2.24) is 9.13 Å². The van der Waals surface area contributed by atoms with Crippen molar-refractivity contribution in [2.24, 2.45) is 34.6 Å². The lowest BCUT2D eigenvalue weighted by Gasteiger charge is -2.25. The van der Waals surface area contributed by atoms with E-state index in [1.807, 2.05) is 185 Å². The molecule has 0 saturated heterocycles. The number of ether oxygens (including phenoxy) is 1. The van der Waals surface area contributed by atoms with Gasteiger partial charge in [0.05, 0.1) is 40.8 Å². The number of amides is 2. The summed E-state index contributed by atoms with van der Waals surface area (Å²) in [5, 5.41) is 28.6. The van der Waals surface area contributed by atoms with Gasteiger partial charge >= 0.3 is 0 Å². The van der Waals surface area contributed by atoms with Crippen LogP contribution in [0.2, 0.25) is 10.0 Å². The van der Waals surface area contributed by atoms with Crippen molar-refractivity contribution >= 4 is 151 Å². The molecule has 0 spiro atoms. The van der Waals surface area contributed by atoms with Gasteiger partial charge in [-0.15, -0.1) is 10.2 Å². The zero-order chi connectivity index (χ0) is 61.1. The van der Waals surface area contributed by atoms with Gasteiger partial charge in [-0.3, -0.25) is 9.59 Å². The first-order valence-electron chi connectivity index (χ1n) is 29.2. The number of nitrogens with zero attached hydrogens (tertiary/aromatic N) is 9. The predicted molar refractivity (Wildman–Crippen MR) is 364 cm³/mol. The molecule has 0 radical (unpaired) electrons. The summed E-state index contributed by atoms with van der Waals surface area (Å²) in [5.74, 6) is -0.0682. The summed E-state index contributed by atoms with van der Waals surface area (Å²) in [6, 6.07) is 65.9. The Morgan fingerprint density at radius 2 is 0.909 bits per heavy atom. The maximum atomic E-state index is 14.8. The molecule has 0 aliphatic heterocycles. The SMILES string of the molecule is CCc1ccccc1N(C)C(=O)c1cc2ccc3c4cc(Cl)ccc4n(C)c3c2c(N=Nc2ccc(N(c3ccccc3)c3ccc(N=Nc4c(OC)c(C(=O)N(C)c5ccccc5CC)cc5ccc6c7cc(Cl)ccc7n(C)c6c45)cc3)cc2)c1C. The minimum atomic E-state index is -0.240. The Balaban J connectivity index is 0.873. The smallest absolute Gasteiger partial charge is 0.261 e. The number of aromatic nitrogens is 2. The second-order valence-corrected chi connectivity index (χ2v) is 22.9. The molecule has 0 aliphatic rings. The minimum Gasteiger partial charge on any atom is -0.494 e. The van der Waals surface area contributed by atoms with Crippen LogP contribution in [0.4, 0.5) is 51.2 Å². The second-order valence-electron chi connectivity index (χ2n) is 22.1. The van der Waals surface area contributed by atoms with Crippen LogP contribution in [0.15, 0.2) is 221 Å². The molecule has 0 unspecified atom stereocenters. The molecule has 0 aliphatic carbocycles. The van der Waals surface area contributed by atoms with Crippen LogP contribution in [-0.4, -0.2) is 42.2 Å². The second kappa shape index (κ2) is 23.3. The molecule has 11 aromatic carbocycles. The molecule has 12 nitrogen and oxygen atoms in total. The van der Waals surface area contributed by atoms with Crippen molar-refractivity contribution < 1.29 is 14.3 Å². The maximum Gasteiger partial charge on any atom is 0.261 e. The Bertz CT molecular complexity index is 5010. The number of hydrogen-bond donors (Lipinski definition) is 0. The highest BCUT2D eigenvalue weighted by Gasteiger charge is 2.28. The molecule has 2 amide bonds. The van der Waals surface area contributed by atoms with Crippen LogP contribution < -0.4 is 19.4 Å². The third kappa shape index (κ3) is 9.84.